The Morgan fingerprint density at radius 3 is 2.79 bits per heavy atom. The lowest BCUT2D eigenvalue weighted by Crippen LogP contribution is -2.35. The van der Waals surface area contributed by atoms with E-state index in [1.165, 1.54) is 0 Å². The van der Waals surface area contributed by atoms with Crippen molar-refractivity contribution in [1.29, 1.82) is 0 Å². The summed E-state index contributed by atoms with van der Waals surface area (Å²) in [5.41, 5.74) is 1.20. The Labute approximate surface area is 121 Å². The summed E-state index contributed by atoms with van der Waals surface area (Å²) in [6.07, 6.45) is 0.679. The van der Waals surface area contributed by atoms with Crippen LogP contribution in [0.5, 0.6) is 0 Å². The van der Waals surface area contributed by atoms with Gasteiger partial charge in [-0.2, -0.15) is 4.98 Å². The molecule has 19 heavy (non-hydrogen) atoms. The lowest BCUT2D eigenvalue weighted by molar-refractivity contribution is 0.334. The van der Waals surface area contributed by atoms with Crippen molar-refractivity contribution in [2.75, 3.05) is 0 Å². The Balaban J connectivity index is 1.97. The number of nitrogens with one attached hydrogen (secondary N) is 1. The van der Waals surface area contributed by atoms with E-state index in [2.05, 4.69) is 58.2 Å². The van der Waals surface area contributed by atoms with E-state index in [-0.39, 0.29) is 5.54 Å². The van der Waals surface area contributed by atoms with Gasteiger partial charge in [-0.3, -0.25) is 0 Å². The van der Waals surface area contributed by atoms with E-state index in [0.29, 0.717) is 24.7 Å². The largest absolute Gasteiger partial charge is 0.338 e. The smallest absolute Gasteiger partial charge is 0.240 e. The second-order valence-corrected chi connectivity index (χ2v) is 6.43. The molecule has 102 valence electrons. The Morgan fingerprint density at radius 1 is 1.32 bits per heavy atom. The zero-order valence-electron chi connectivity index (χ0n) is 11.4. The number of halogens is 1. The van der Waals surface area contributed by atoms with Crippen molar-refractivity contribution in [2.24, 2.45) is 0 Å². The predicted octanol–water partition coefficient (Wildman–Crippen LogP) is 3.31. The molecule has 5 heteroatoms. The van der Waals surface area contributed by atoms with Gasteiger partial charge in [-0.1, -0.05) is 33.2 Å². The average molecular weight is 324 g/mol. The van der Waals surface area contributed by atoms with Gasteiger partial charge in [-0.15, -0.1) is 0 Å². The van der Waals surface area contributed by atoms with Crippen molar-refractivity contribution in [2.45, 2.75) is 39.3 Å². The summed E-state index contributed by atoms with van der Waals surface area (Å²) in [4.78, 5) is 4.38. The third-order valence-electron chi connectivity index (χ3n) is 2.53. The van der Waals surface area contributed by atoms with Crippen LogP contribution in [0.1, 0.15) is 38.0 Å². The minimum absolute atomic E-state index is 0.0406. The van der Waals surface area contributed by atoms with Gasteiger partial charge in [0.2, 0.25) is 5.89 Å². The first-order valence-electron chi connectivity index (χ1n) is 6.23. The number of hydrogen-bond acceptors (Lipinski definition) is 4. The molecule has 0 radical (unpaired) electrons. The van der Waals surface area contributed by atoms with Crippen LogP contribution in [0.3, 0.4) is 0 Å². The molecular formula is C14H18BrN3O. The molecule has 0 aliphatic heterocycles. The number of nitrogens with zero attached hydrogens (tertiary/aromatic N) is 2. The molecule has 1 heterocycles. The molecule has 1 aromatic heterocycles. The van der Waals surface area contributed by atoms with Gasteiger partial charge < -0.3 is 9.84 Å². The number of benzene rings is 1. The molecule has 0 saturated heterocycles. The summed E-state index contributed by atoms with van der Waals surface area (Å²) in [6.45, 7) is 6.90. The Kier molecular flexibility index (Phi) is 4.37. The first kappa shape index (κ1) is 14.2. The number of rotatable bonds is 4. The molecule has 2 aromatic rings. The predicted molar refractivity (Wildman–Crippen MR) is 77.8 cm³/mol. The van der Waals surface area contributed by atoms with Gasteiger partial charge in [0, 0.05) is 16.4 Å². The fourth-order valence-corrected chi connectivity index (χ4v) is 2.05. The van der Waals surface area contributed by atoms with Crippen molar-refractivity contribution < 1.29 is 4.52 Å². The van der Waals surface area contributed by atoms with Gasteiger partial charge in [0.1, 0.15) is 0 Å². The molecule has 0 unspecified atom stereocenters. The van der Waals surface area contributed by atoms with Crippen molar-refractivity contribution in [3.8, 4) is 0 Å². The van der Waals surface area contributed by atoms with Crippen LogP contribution in [0.25, 0.3) is 0 Å². The fourth-order valence-electron chi connectivity index (χ4n) is 1.60. The molecule has 1 N–H and O–H groups in total. The molecule has 0 atom stereocenters. The quantitative estimate of drug-likeness (QED) is 0.937. The highest BCUT2D eigenvalue weighted by molar-refractivity contribution is 9.10. The molecule has 0 fully saturated rings. The zero-order valence-corrected chi connectivity index (χ0v) is 13.0. The minimum atomic E-state index is 0.0406. The Bertz CT molecular complexity index is 546. The molecule has 2 rings (SSSR count). The summed E-state index contributed by atoms with van der Waals surface area (Å²) in [5, 5.41) is 7.32. The van der Waals surface area contributed by atoms with Crippen molar-refractivity contribution in [1.82, 2.24) is 15.5 Å². The SMILES string of the molecule is CC(C)(C)NCc1nc(Cc2cccc(Br)c2)no1. The van der Waals surface area contributed by atoms with Gasteiger partial charge in [0.05, 0.1) is 6.54 Å². The molecule has 0 saturated carbocycles. The molecular weight excluding hydrogens is 306 g/mol. The highest BCUT2D eigenvalue weighted by atomic mass is 79.9. The van der Waals surface area contributed by atoms with Crippen molar-refractivity contribution in [3.05, 3.63) is 46.0 Å². The van der Waals surface area contributed by atoms with E-state index in [1.807, 2.05) is 18.2 Å². The fraction of sp³-hybridized carbons (Fsp3) is 0.429. The van der Waals surface area contributed by atoms with Crippen molar-refractivity contribution >= 4 is 15.9 Å². The van der Waals surface area contributed by atoms with Crippen LogP contribution in [-0.4, -0.2) is 15.7 Å². The van der Waals surface area contributed by atoms with E-state index in [9.17, 15) is 0 Å². The number of aromatic nitrogens is 2. The molecule has 0 aliphatic rings. The zero-order chi connectivity index (χ0) is 13.9. The first-order chi connectivity index (χ1) is 8.92. The van der Waals surface area contributed by atoms with Crippen molar-refractivity contribution in [3.63, 3.8) is 0 Å². The van der Waals surface area contributed by atoms with E-state index < -0.39 is 0 Å². The van der Waals surface area contributed by atoms with E-state index in [1.54, 1.807) is 0 Å². The van der Waals surface area contributed by atoms with Gasteiger partial charge in [0.25, 0.3) is 0 Å². The Morgan fingerprint density at radius 2 is 2.11 bits per heavy atom. The summed E-state index contributed by atoms with van der Waals surface area (Å²) in [6, 6.07) is 8.11. The number of hydrogen-bond donors (Lipinski definition) is 1. The molecule has 0 aliphatic carbocycles. The second-order valence-electron chi connectivity index (χ2n) is 5.51. The minimum Gasteiger partial charge on any atom is -0.338 e. The first-order valence-corrected chi connectivity index (χ1v) is 7.03. The molecule has 1 aromatic carbocycles. The summed E-state index contributed by atoms with van der Waals surface area (Å²) >= 11 is 3.45. The van der Waals surface area contributed by atoms with Crippen LogP contribution in [0.4, 0.5) is 0 Å². The molecule has 0 amide bonds. The van der Waals surface area contributed by atoms with Crippen LogP contribution >= 0.6 is 15.9 Å². The van der Waals surface area contributed by atoms with Gasteiger partial charge in [0.15, 0.2) is 5.82 Å². The van der Waals surface area contributed by atoms with E-state index in [4.69, 9.17) is 4.52 Å². The van der Waals surface area contributed by atoms with E-state index in [0.717, 1.165) is 10.0 Å². The second kappa shape index (κ2) is 5.84. The van der Waals surface area contributed by atoms with Crippen LogP contribution in [0.15, 0.2) is 33.3 Å². The monoisotopic (exact) mass is 323 g/mol. The van der Waals surface area contributed by atoms with Gasteiger partial charge in [-0.05, 0) is 38.5 Å². The van der Waals surface area contributed by atoms with Crippen LogP contribution in [0.2, 0.25) is 0 Å². The van der Waals surface area contributed by atoms with Crippen LogP contribution in [0, 0.1) is 0 Å². The maximum absolute atomic E-state index is 5.23. The maximum Gasteiger partial charge on any atom is 0.240 e. The standard InChI is InChI=1S/C14H18BrN3O/c1-14(2,3)16-9-13-17-12(18-19-13)8-10-5-4-6-11(15)7-10/h4-7,16H,8-9H2,1-3H3. The average Bonchev–Trinajstić information content (AvgIpc) is 2.73. The molecule has 0 bridgehead atoms. The normalized spacial score (nSPS) is 11.8. The lowest BCUT2D eigenvalue weighted by atomic mass is 10.1. The Hall–Kier alpha value is -1.20. The highest BCUT2D eigenvalue weighted by Gasteiger charge is 2.12. The maximum atomic E-state index is 5.23. The summed E-state index contributed by atoms with van der Waals surface area (Å²) in [7, 11) is 0. The third kappa shape index (κ3) is 4.76. The topological polar surface area (TPSA) is 51.0 Å². The molecule has 4 nitrogen and oxygen atoms in total. The van der Waals surface area contributed by atoms with Gasteiger partial charge in [-0.25, -0.2) is 0 Å². The van der Waals surface area contributed by atoms with E-state index >= 15 is 0 Å². The summed E-state index contributed by atoms with van der Waals surface area (Å²) in [5.74, 6) is 1.34. The van der Waals surface area contributed by atoms with Crippen LogP contribution < -0.4 is 5.32 Å². The molecule has 0 spiro atoms. The van der Waals surface area contributed by atoms with Gasteiger partial charge >= 0.3 is 0 Å². The summed E-state index contributed by atoms with van der Waals surface area (Å²) < 4.78 is 6.29. The lowest BCUT2D eigenvalue weighted by Gasteiger charge is -2.18. The third-order valence-corrected chi connectivity index (χ3v) is 3.02. The highest BCUT2D eigenvalue weighted by Crippen LogP contribution is 2.14. The van der Waals surface area contributed by atoms with Crippen LogP contribution in [-0.2, 0) is 13.0 Å².